The Balaban J connectivity index is 2.06. The van der Waals surface area contributed by atoms with Crippen LogP contribution in [0.2, 0.25) is 0 Å². The summed E-state index contributed by atoms with van der Waals surface area (Å²) in [5.74, 6) is 5.40. The molecular weight excluding hydrogens is 286 g/mol. The van der Waals surface area contributed by atoms with E-state index in [0.717, 1.165) is 16.0 Å². The number of benzene rings is 1. The Labute approximate surface area is 127 Å². The molecule has 4 nitrogen and oxygen atoms in total. The van der Waals surface area contributed by atoms with Crippen molar-refractivity contribution in [2.24, 2.45) is 0 Å². The molecule has 0 bridgehead atoms. The average Bonchev–Trinajstić information content (AvgIpc) is 2.90. The zero-order chi connectivity index (χ0) is 15.2. The number of carbonyl (C=O) groups excluding carboxylic acids is 1. The molecule has 0 spiro atoms. The molecule has 3 N–H and O–H groups in total. The molecule has 0 saturated carbocycles. The predicted octanol–water partition coefficient (Wildman–Crippen LogP) is 2.04. The minimum Gasteiger partial charge on any atom is -0.508 e. The molecule has 0 radical (unpaired) electrons. The van der Waals surface area contributed by atoms with E-state index in [1.165, 1.54) is 17.4 Å². The summed E-state index contributed by atoms with van der Waals surface area (Å²) in [5.41, 5.74) is 2.07. The number of hydrogen-bond donors (Lipinski definition) is 3. The van der Waals surface area contributed by atoms with Gasteiger partial charge in [0.25, 0.3) is 5.91 Å². The molecule has 5 heteroatoms. The van der Waals surface area contributed by atoms with E-state index < -0.39 is 0 Å². The number of phenols is 1. The van der Waals surface area contributed by atoms with Crippen LogP contribution in [0.3, 0.4) is 0 Å². The van der Waals surface area contributed by atoms with Gasteiger partial charge in [0, 0.05) is 16.0 Å². The van der Waals surface area contributed by atoms with E-state index in [1.54, 1.807) is 19.1 Å². The molecule has 0 saturated heterocycles. The fourth-order valence-electron chi connectivity index (χ4n) is 1.88. The zero-order valence-electron chi connectivity index (χ0n) is 11.5. The van der Waals surface area contributed by atoms with Crippen molar-refractivity contribution in [1.29, 1.82) is 0 Å². The number of aromatic hydroxyl groups is 1. The Kier molecular flexibility index (Phi) is 4.99. The number of amides is 1. The summed E-state index contributed by atoms with van der Waals surface area (Å²) in [4.78, 5) is 13.1. The highest BCUT2D eigenvalue weighted by Gasteiger charge is 2.10. The number of phenolic OH excluding ortho intramolecular Hbond substituents is 1. The van der Waals surface area contributed by atoms with Gasteiger partial charge < -0.3 is 15.5 Å². The summed E-state index contributed by atoms with van der Waals surface area (Å²) >= 11 is 1.50. The molecule has 1 aromatic carbocycles. The average molecular weight is 301 g/mol. The van der Waals surface area contributed by atoms with E-state index in [4.69, 9.17) is 5.11 Å². The number of thiophene rings is 1. The van der Waals surface area contributed by atoms with E-state index in [-0.39, 0.29) is 18.3 Å². The molecule has 2 rings (SSSR count). The highest BCUT2D eigenvalue weighted by molar-refractivity contribution is 7.10. The van der Waals surface area contributed by atoms with E-state index >= 15 is 0 Å². The maximum atomic E-state index is 12.1. The van der Waals surface area contributed by atoms with E-state index in [1.807, 2.05) is 11.4 Å². The molecule has 108 valence electrons. The number of hydrogen-bond acceptors (Lipinski definition) is 4. The van der Waals surface area contributed by atoms with Crippen LogP contribution in [0.4, 0.5) is 0 Å². The van der Waals surface area contributed by atoms with Crippen molar-refractivity contribution in [3.8, 4) is 17.6 Å². The summed E-state index contributed by atoms with van der Waals surface area (Å²) in [6, 6.07) is 6.50. The number of carbonyl (C=O) groups is 1. The lowest BCUT2D eigenvalue weighted by molar-refractivity contribution is 0.0950. The normalized spacial score (nSPS) is 9.81. The second-order valence-corrected chi connectivity index (χ2v) is 5.40. The lowest BCUT2D eigenvalue weighted by Gasteiger charge is -2.07. The fourth-order valence-corrected chi connectivity index (χ4v) is 2.65. The molecule has 0 aliphatic rings. The maximum absolute atomic E-state index is 12.1. The van der Waals surface area contributed by atoms with Crippen LogP contribution < -0.4 is 5.32 Å². The standard InChI is InChI=1S/C16H15NO3S/c1-11-9-13(19)4-5-14(11)16(20)17-10-15-12(3-2-7-18)6-8-21-15/h4-6,8-9,18-19H,7,10H2,1H3,(H,17,20). The van der Waals surface area contributed by atoms with Crippen LogP contribution in [-0.2, 0) is 6.54 Å². The van der Waals surface area contributed by atoms with Gasteiger partial charge in [0.15, 0.2) is 0 Å². The summed E-state index contributed by atoms with van der Waals surface area (Å²) in [6.07, 6.45) is 0. The zero-order valence-corrected chi connectivity index (χ0v) is 12.3. The minimum atomic E-state index is -0.193. The third-order valence-electron chi connectivity index (χ3n) is 2.91. The first-order valence-corrected chi connectivity index (χ1v) is 7.23. The monoisotopic (exact) mass is 301 g/mol. The van der Waals surface area contributed by atoms with Crippen LogP contribution in [0.15, 0.2) is 29.6 Å². The van der Waals surface area contributed by atoms with Gasteiger partial charge in [-0.25, -0.2) is 0 Å². The molecule has 0 fully saturated rings. The van der Waals surface area contributed by atoms with Gasteiger partial charge in [-0.15, -0.1) is 11.3 Å². The van der Waals surface area contributed by atoms with Crippen LogP contribution in [0, 0.1) is 18.8 Å². The first-order valence-electron chi connectivity index (χ1n) is 6.35. The lowest BCUT2D eigenvalue weighted by atomic mass is 10.1. The van der Waals surface area contributed by atoms with Gasteiger partial charge in [-0.05, 0) is 42.1 Å². The topological polar surface area (TPSA) is 69.6 Å². The maximum Gasteiger partial charge on any atom is 0.251 e. The van der Waals surface area contributed by atoms with Gasteiger partial charge in [-0.1, -0.05) is 11.8 Å². The highest BCUT2D eigenvalue weighted by atomic mass is 32.1. The Hall–Kier alpha value is -2.29. The van der Waals surface area contributed by atoms with Crippen molar-refractivity contribution in [1.82, 2.24) is 5.32 Å². The number of aliphatic hydroxyl groups is 1. The van der Waals surface area contributed by atoms with Gasteiger partial charge >= 0.3 is 0 Å². The molecule has 1 heterocycles. The molecule has 1 aromatic heterocycles. The number of aryl methyl sites for hydroxylation is 1. The molecule has 0 aliphatic carbocycles. The quantitative estimate of drug-likeness (QED) is 0.760. The van der Waals surface area contributed by atoms with Crippen molar-refractivity contribution in [3.05, 3.63) is 51.2 Å². The Morgan fingerprint density at radius 2 is 2.19 bits per heavy atom. The van der Waals surface area contributed by atoms with Crippen molar-refractivity contribution >= 4 is 17.2 Å². The first-order chi connectivity index (χ1) is 10.1. The molecular formula is C16H15NO3S. The van der Waals surface area contributed by atoms with Gasteiger partial charge in [-0.3, -0.25) is 4.79 Å². The Morgan fingerprint density at radius 3 is 2.90 bits per heavy atom. The number of rotatable bonds is 3. The van der Waals surface area contributed by atoms with E-state index in [9.17, 15) is 9.90 Å². The first kappa shape index (κ1) is 15.1. The lowest BCUT2D eigenvalue weighted by Crippen LogP contribution is -2.23. The second-order valence-electron chi connectivity index (χ2n) is 4.40. The SMILES string of the molecule is Cc1cc(O)ccc1C(=O)NCc1sccc1C#CCO. The molecule has 0 unspecified atom stereocenters. The molecule has 0 atom stereocenters. The van der Waals surface area contributed by atoms with Crippen molar-refractivity contribution in [2.45, 2.75) is 13.5 Å². The molecule has 2 aromatic rings. The summed E-state index contributed by atoms with van der Waals surface area (Å²) < 4.78 is 0. The third-order valence-corrected chi connectivity index (χ3v) is 3.83. The second kappa shape index (κ2) is 6.93. The molecule has 0 aliphatic heterocycles. The minimum absolute atomic E-state index is 0.142. The van der Waals surface area contributed by atoms with Crippen LogP contribution >= 0.6 is 11.3 Å². The smallest absolute Gasteiger partial charge is 0.251 e. The summed E-state index contributed by atoms with van der Waals surface area (Å²) in [5, 5.41) is 22.8. The summed E-state index contributed by atoms with van der Waals surface area (Å²) in [6.45, 7) is 1.97. The van der Waals surface area contributed by atoms with Gasteiger partial charge in [0.1, 0.15) is 12.4 Å². The van der Waals surface area contributed by atoms with Crippen LogP contribution in [0.1, 0.15) is 26.4 Å². The largest absolute Gasteiger partial charge is 0.508 e. The molecule has 21 heavy (non-hydrogen) atoms. The Morgan fingerprint density at radius 1 is 1.38 bits per heavy atom. The van der Waals surface area contributed by atoms with Gasteiger partial charge in [0.05, 0.1) is 6.54 Å². The third kappa shape index (κ3) is 3.85. The van der Waals surface area contributed by atoms with Crippen molar-refractivity contribution in [2.75, 3.05) is 6.61 Å². The van der Waals surface area contributed by atoms with Crippen LogP contribution in [-0.4, -0.2) is 22.7 Å². The van der Waals surface area contributed by atoms with Crippen LogP contribution in [0.5, 0.6) is 5.75 Å². The summed E-state index contributed by atoms with van der Waals surface area (Å²) in [7, 11) is 0. The van der Waals surface area contributed by atoms with Crippen molar-refractivity contribution < 1.29 is 15.0 Å². The van der Waals surface area contributed by atoms with Gasteiger partial charge in [-0.2, -0.15) is 0 Å². The highest BCUT2D eigenvalue weighted by Crippen LogP contribution is 2.18. The number of nitrogens with one attached hydrogen (secondary N) is 1. The van der Waals surface area contributed by atoms with Crippen LogP contribution in [0.25, 0.3) is 0 Å². The van der Waals surface area contributed by atoms with Gasteiger partial charge in [0.2, 0.25) is 0 Å². The Bertz CT molecular complexity index is 710. The fraction of sp³-hybridized carbons (Fsp3) is 0.188. The van der Waals surface area contributed by atoms with Crippen molar-refractivity contribution in [3.63, 3.8) is 0 Å². The molecule has 1 amide bonds. The number of aliphatic hydroxyl groups excluding tert-OH is 1. The van der Waals surface area contributed by atoms with E-state index in [2.05, 4.69) is 17.2 Å². The predicted molar refractivity (Wildman–Crippen MR) is 82.3 cm³/mol. The van der Waals surface area contributed by atoms with E-state index in [0.29, 0.717) is 12.1 Å².